The molecule has 3 nitrogen and oxygen atoms in total. The summed E-state index contributed by atoms with van der Waals surface area (Å²) in [5.41, 5.74) is 0. The van der Waals surface area contributed by atoms with Gasteiger partial charge >= 0.3 is 5.97 Å². The molecule has 0 aromatic heterocycles. The summed E-state index contributed by atoms with van der Waals surface area (Å²) in [6.07, 6.45) is 3.31. The molecule has 3 atom stereocenters. The minimum Gasteiger partial charge on any atom is -0.460 e. The van der Waals surface area contributed by atoms with Crippen molar-refractivity contribution in [3.63, 3.8) is 0 Å². The van der Waals surface area contributed by atoms with Gasteiger partial charge in [0.2, 0.25) is 0 Å². The summed E-state index contributed by atoms with van der Waals surface area (Å²) >= 11 is 0. The summed E-state index contributed by atoms with van der Waals surface area (Å²) < 4.78 is 4.99. The van der Waals surface area contributed by atoms with Crippen molar-refractivity contribution in [1.29, 1.82) is 0 Å². The third kappa shape index (κ3) is 1.03. The number of hydrogen-bond donors (Lipinski definition) is 1. The zero-order valence-electron chi connectivity index (χ0n) is 6.32. The molecule has 2 aliphatic rings. The fourth-order valence-corrected chi connectivity index (χ4v) is 2.03. The summed E-state index contributed by atoms with van der Waals surface area (Å²) in [6.45, 7) is 0. The molecule has 0 aromatic carbocycles. The van der Waals surface area contributed by atoms with Crippen molar-refractivity contribution >= 4 is 5.97 Å². The van der Waals surface area contributed by atoms with Gasteiger partial charge in [-0.05, 0) is 19.3 Å². The molecule has 0 amide bonds. The molecule has 62 valence electrons. The fraction of sp³-hybridized carbons (Fsp3) is 0.875. The Hall–Kier alpha value is -0.570. The molecule has 1 heterocycles. The van der Waals surface area contributed by atoms with E-state index in [0.717, 1.165) is 25.7 Å². The topological polar surface area (TPSA) is 46.5 Å². The van der Waals surface area contributed by atoms with Gasteiger partial charge in [0.15, 0.2) is 6.10 Å². The van der Waals surface area contributed by atoms with Gasteiger partial charge in [0, 0.05) is 5.92 Å². The fourth-order valence-electron chi connectivity index (χ4n) is 2.03. The van der Waals surface area contributed by atoms with Gasteiger partial charge in [0.05, 0.1) is 0 Å². The van der Waals surface area contributed by atoms with E-state index in [1.165, 1.54) is 0 Å². The monoisotopic (exact) mass is 156 g/mol. The Bertz CT molecular complexity index is 178. The molecule has 2 fully saturated rings. The van der Waals surface area contributed by atoms with Crippen molar-refractivity contribution in [2.75, 3.05) is 0 Å². The van der Waals surface area contributed by atoms with Gasteiger partial charge < -0.3 is 9.84 Å². The lowest BCUT2D eigenvalue weighted by Crippen LogP contribution is -2.27. The molecular weight excluding hydrogens is 144 g/mol. The Kier molecular flexibility index (Phi) is 1.60. The van der Waals surface area contributed by atoms with E-state index in [1.807, 2.05) is 0 Å². The van der Waals surface area contributed by atoms with Crippen molar-refractivity contribution in [1.82, 2.24) is 0 Å². The van der Waals surface area contributed by atoms with Gasteiger partial charge in [0.1, 0.15) is 6.10 Å². The number of rotatable bonds is 0. The van der Waals surface area contributed by atoms with Crippen LogP contribution in [-0.4, -0.2) is 23.3 Å². The largest absolute Gasteiger partial charge is 0.460 e. The number of ether oxygens (including phenoxy) is 1. The van der Waals surface area contributed by atoms with Crippen LogP contribution in [0.1, 0.15) is 25.7 Å². The quantitative estimate of drug-likeness (QED) is 0.518. The predicted molar refractivity (Wildman–Crippen MR) is 37.8 cm³/mol. The van der Waals surface area contributed by atoms with Crippen molar-refractivity contribution in [2.24, 2.45) is 5.92 Å². The van der Waals surface area contributed by atoms with Crippen molar-refractivity contribution in [2.45, 2.75) is 37.9 Å². The number of fused-ring (bicyclic) bond motifs is 1. The van der Waals surface area contributed by atoms with Crippen LogP contribution in [0.25, 0.3) is 0 Å². The Labute approximate surface area is 65.4 Å². The van der Waals surface area contributed by atoms with Crippen LogP contribution in [0.15, 0.2) is 0 Å². The summed E-state index contributed by atoms with van der Waals surface area (Å²) in [7, 11) is 0. The molecule has 11 heavy (non-hydrogen) atoms. The summed E-state index contributed by atoms with van der Waals surface area (Å²) in [6, 6.07) is 0. The number of hydrogen-bond acceptors (Lipinski definition) is 3. The zero-order chi connectivity index (χ0) is 7.84. The molecule has 1 saturated heterocycles. The van der Waals surface area contributed by atoms with Gasteiger partial charge in [0.25, 0.3) is 0 Å². The minimum atomic E-state index is -0.833. The molecule has 0 spiro atoms. The molecule has 0 bridgehead atoms. The highest BCUT2D eigenvalue weighted by atomic mass is 16.6. The maximum absolute atomic E-state index is 10.9. The van der Waals surface area contributed by atoms with Gasteiger partial charge in [-0.2, -0.15) is 0 Å². The maximum atomic E-state index is 10.9. The average Bonchev–Trinajstić information content (AvgIpc) is 2.30. The van der Waals surface area contributed by atoms with E-state index in [2.05, 4.69) is 0 Å². The first-order valence-corrected chi connectivity index (χ1v) is 4.17. The van der Waals surface area contributed by atoms with Crippen molar-refractivity contribution < 1.29 is 14.6 Å². The van der Waals surface area contributed by atoms with Crippen LogP contribution in [0.4, 0.5) is 0 Å². The number of carbonyl (C=O) groups is 1. The number of aliphatic hydroxyl groups is 1. The summed E-state index contributed by atoms with van der Waals surface area (Å²) in [5.74, 6) is -0.321. The molecule has 3 unspecified atom stereocenters. The lowest BCUT2D eigenvalue weighted by atomic mass is 9.85. The minimum absolute atomic E-state index is 0.0197. The number of esters is 1. The third-order valence-electron chi connectivity index (χ3n) is 2.67. The Morgan fingerprint density at radius 2 is 2.09 bits per heavy atom. The number of carbonyl (C=O) groups excluding carboxylic acids is 1. The summed E-state index contributed by atoms with van der Waals surface area (Å²) in [4.78, 5) is 10.9. The second kappa shape index (κ2) is 2.48. The SMILES string of the molecule is O=C1OC2CCCCC2C1O. The highest BCUT2D eigenvalue weighted by Gasteiger charge is 2.44. The van der Waals surface area contributed by atoms with Crippen LogP contribution in [-0.2, 0) is 9.53 Å². The highest BCUT2D eigenvalue weighted by molar-refractivity contribution is 5.77. The second-order valence-corrected chi connectivity index (χ2v) is 3.37. The van der Waals surface area contributed by atoms with E-state index in [0.29, 0.717) is 0 Å². The first-order valence-electron chi connectivity index (χ1n) is 4.17. The van der Waals surface area contributed by atoms with Crippen molar-refractivity contribution in [3.05, 3.63) is 0 Å². The van der Waals surface area contributed by atoms with Crippen LogP contribution >= 0.6 is 0 Å². The molecule has 2 rings (SSSR count). The Balaban J connectivity index is 2.11. The normalized spacial score (nSPS) is 43.4. The van der Waals surface area contributed by atoms with Gasteiger partial charge in [-0.15, -0.1) is 0 Å². The smallest absolute Gasteiger partial charge is 0.335 e. The van der Waals surface area contributed by atoms with E-state index < -0.39 is 12.1 Å². The first-order chi connectivity index (χ1) is 5.29. The molecule has 1 aliphatic carbocycles. The lowest BCUT2D eigenvalue weighted by molar-refractivity contribution is -0.147. The first kappa shape index (κ1) is 7.10. The predicted octanol–water partition coefficient (Wildman–Crippen LogP) is 0.463. The van der Waals surface area contributed by atoms with E-state index in [9.17, 15) is 9.90 Å². The zero-order valence-corrected chi connectivity index (χ0v) is 6.32. The Morgan fingerprint density at radius 1 is 1.36 bits per heavy atom. The van der Waals surface area contributed by atoms with Gasteiger partial charge in [-0.1, -0.05) is 6.42 Å². The molecule has 3 heteroatoms. The van der Waals surface area contributed by atoms with Crippen LogP contribution in [0.2, 0.25) is 0 Å². The molecule has 1 aliphatic heterocycles. The van der Waals surface area contributed by atoms with Crippen LogP contribution in [0.3, 0.4) is 0 Å². The van der Waals surface area contributed by atoms with E-state index in [4.69, 9.17) is 4.74 Å². The summed E-state index contributed by atoms with van der Waals surface area (Å²) in [5, 5.41) is 9.32. The average molecular weight is 156 g/mol. The third-order valence-corrected chi connectivity index (χ3v) is 2.67. The lowest BCUT2D eigenvalue weighted by Gasteiger charge is -2.23. The molecular formula is C8H12O3. The van der Waals surface area contributed by atoms with Gasteiger partial charge in [-0.3, -0.25) is 0 Å². The Morgan fingerprint density at radius 3 is 2.82 bits per heavy atom. The molecule has 0 radical (unpaired) electrons. The number of aliphatic hydroxyl groups excluding tert-OH is 1. The maximum Gasteiger partial charge on any atom is 0.335 e. The standard InChI is InChI=1S/C8H12O3/c9-7-5-3-1-2-4-6(5)11-8(7)10/h5-7,9H,1-4H2. The van der Waals surface area contributed by atoms with Crippen LogP contribution < -0.4 is 0 Å². The van der Waals surface area contributed by atoms with Gasteiger partial charge in [-0.25, -0.2) is 4.79 Å². The van der Waals surface area contributed by atoms with Crippen LogP contribution in [0.5, 0.6) is 0 Å². The van der Waals surface area contributed by atoms with E-state index in [1.54, 1.807) is 0 Å². The van der Waals surface area contributed by atoms with E-state index >= 15 is 0 Å². The highest BCUT2D eigenvalue weighted by Crippen LogP contribution is 2.34. The van der Waals surface area contributed by atoms with Crippen LogP contribution in [0, 0.1) is 5.92 Å². The molecule has 1 saturated carbocycles. The molecule has 0 aromatic rings. The van der Waals surface area contributed by atoms with Crippen molar-refractivity contribution in [3.8, 4) is 0 Å². The van der Waals surface area contributed by atoms with E-state index in [-0.39, 0.29) is 12.0 Å². The second-order valence-electron chi connectivity index (χ2n) is 3.37. The molecule has 1 N–H and O–H groups in total.